The van der Waals surface area contributed by atoms with Crippen molar-refractivity contribution in [3.8, 4) is 5.75 Å². The Balaban J connectivity index is 1.60. The average Bonchev–Trinajstić information content (AvgIpc) is 3.32. The molecule has 1 amide bonds. The van der Waals surface area contributed by atoms with Crippen LogP contribution in [0.25, 0.3) is 10.2 Å². The van der Waals surface area contributed by atoms with Crippen LogP contribution in [0.3, 0.4) is 0 Å². The standard InChI is InChI=1S/C27H29N5O4S2/c1-18(33)30-13-6-14-36-21-11-12-23-25(17-21)37-27(31-23)24(16-19-7-5-8-20(15-19)26(28)29)32-38(34,35)22-9-3-2-4-10-22/h2-5,7-12,15,17,24,32H,6,13-14,16H2,1H3,(H3,28,29)(H,30,33). The fraction of sp³-hybridized carbons (Fsp3) is 0.222. The molecule has 1 aromatic heterocycles. The molecule has 11 heteroatoms. The van der Waals surface area contributed by atoms with Crippen molar-refractivity contribution in [1.29, 1.82) is 5.41 Å². The van der Waals surface area contributed by atoms with Gasteiger partial charge in [0.25, 0.3) is 0 Å². The minimum absolute atomic E-state index is 0.0575. The van der Waals surface area contributed by atoms with E-state index < -0.39 is 16.1 Å². The summed E-state index contributed by atoms with van der Waals surface area (Å²) < 4.78 is 36.0. The number of carbonyl (C=O) groups is 1. The number of benzene rings is 3. The van der Waals surface area contributed by atoms with Gasteiger partial charge in [-0.15, -0.1) is 11.3 Å². The highest BCUT2D eigenvalue weighted by molar-refractivity contribution is 7.89. The Morgan fingerprint density at radius 2 is 1.89 bits per heavy atom. The van der Waals surface area contributed by atoms with E-state index in [0.717, 1.165) is 15.8 Å². The number of hydrogen-bond acceptors (Lipinski definition) is 7. The van der Waals surface area contributed by atoms with Gasteiger partial charge in [0.15, 0.2) is 0 Å². The van der Waals surface area contributed by atoms with Crippen LogP contribution in [0.1, 0.15) is 35.5 Å². The highest BCUT2D eigenvalue weighted by Crippen LogP contribution is 2.32. The van der Waals surface area contributed by atoms with Gasteiger partial charge in [0, 0.05) is 19.0 Å². The third kappa shape index (κ3) is 7.15. The Hall–Kier alpha value is -3.80. The van der Waals surface area contributed by atoms with Crippen molar-refractivity contribution in [1.82, 2.24) is 15.0 Å². The smallest absolute Gasteiger partial charge is 0.241 e. The van der Waals surface area contributed by atoms with Crippen molar-refractivity contribution in [3.05, 3.63) is 88.9 Å². The summed E-state index contributed by atoms with van der Waals surface area (Å²) >= 11 is 1.39. The molecule has 4 rings (SSSR count). The number of fused-ring (bicyclic) bond motifs is 1. The number of ether oxygens (including phenoxy) is 1. The fourth-order valence-corrected chi connectivity index (χ4v) is 6.17. The van der Waals surface area contributed by atoms with Crippen LogP contribution in [0.15, 0.2) is 77.7 Å². The van der Waals surface area contributed by atoms with E-state index in [9.17, 15) is 13.2 Å². The topological polar surface area (TPSA) is 147 Å². The van der Waals surface area contributed by atoms with Crippen LogP contribution in [-0.4, -0.2) is 38.3 Å². The highest BCUT2D eigenvalue weighted by atomic mass is 32.2. The lowest BCUT2D eigenvalue weighted by Gasteiger charge is -2.17. The molecule has 0 saturated heterocycles. The van der Waals surface area contributed by atoms with E-state index in [0.29, 0.717) is 42.3 Å². The lowest BCUT2D eigenvalue weighted by atomic mass is 10.0. The lowest BCUT2D eigenvalue weighted by Crippen LogP contribution is -2.30. The third-order valence-corrected chi connectivity index (χ3v) is 8.29. The van der Waals surface area contributed by atoms with Crippen molar-refractivity contribution >= 4 is 43.3 Å². The zero-order valence-corrected chi connectivity index (χ0v) is 22.4. The van der Waals surface area contributed by atoms with E-state index in [1.165, 1.54) is 18.3 Å². The van der Waals surface area contributed by atoms with E-state index in [1.807, 2.05) is 24.3 Å². The van der Waals surface area contributed by atoms with Gasteiger partial charge in [-0.25, -0.2) is 18.1 Å². The van der Waals surface area contributed by atoms with Crippen molar-refractivity contribution in [3.63, 3.8) is 0 Å². The monoisotopic (exact) mass is 551 g/mol. The normalized spacial score (nSPS) is 12.2. The number of thiazole rings is 1. The first-order valence-electron chi connectivity index (χ1n) is 12.0. The fourth-order valence-electron chi connectivity index (χ4n) is 3.82. The maximum atomic E-state index is 13.2. The molecule has 0 bridgehead atoms. The Bertz CT molecular complexity index is 1540. The number of hydrogen-bond donors (Lipinski definition) is 4. The maximum absolute atomic E-state index is 13.2. The molecule has 1 atom stereocenters. The van der Waals surface area contributed by atoms with Gasteiger partial charge >= 0.3 is 0 Å². The van der Waals surface area contributed by atoms with Gasteiger partial charge in [0.2, 0.25) is 15.9 Å². The van der Waals surface area contributed by atoms with Gasteiger partial charge in [0.05, 0.1) is 27.8 Å². The first kappa shape index (κ1) is 27.2. The molecule has 0 aliphatic rings. The first-order chi connectivity index (χ1) is 18.2. The van der Waals surface area contributed by atoms with E-state index in [1.54, 1.807) is 48.5 Å². The summed E-state index contributed by atoms with van der Waals surface area (Å²) in [4.78, 5) is 15.9. The van der Waals surface area contributed by atoms with E-state index in [-0.39, 0.29) is 16.6 Å². The SMILES string of the molecule is CC(=O)NCCCOc1ccc2nc(C(Cc3cccc(C(=N)N)c3)NS(=O)(=O)c3ccccc3)sc2c1. The number of nitrogen functional groups attached to an aromatic ring is 1. The number of sulfonamides is 1. The molecule has 1 unspecified atom stereocenters. The zero-order valence-electron chi connectivity index (χ0n) is 20.8. The summed E-state index contributed by atoms with van der Waals surface area (Å²) in [6.07, 6.45) is 0.994. The minimum atomic E-state index is -3.83. The number of amidine groups is 1. The predicted molar refractivity (Wildman–Crippen MR) is 149 cm³/mol. The van der Waals surface area contributed by atoms with Gasteiger partial charge in [-0.05, 0) is 54.8 Å². The second-order valence-electron chi connectivity index (χ2n) is 8.67. The summed E-state index contributed by atoms with van der Waals surface area (Å²) in [6, 6.07) is 20.3. The summed E-state index contributed by atoms with van der Waals surface area (Å²) in [5, 5.41) is 11.1. The Kier molecular flexibility index (Phi) is 8.72. The lowest BCUT2D eigenvalue weighted by molar-refractivity contribution is -0.118. The number of nitrogens with two attached hydrogens (primary N) is 1. The number of carbonyl (C=O) groups excluding carboxylic acids is 1. The summed E-state index contributed by atoms with van der Waals surface area (Å²) in [6.45, 7) is 2.46. The van der Waals surface area contributed by atoms with Gasteiger partial charge in [-0.2, -0.15) is 0 Å². The second kappa shape index (κ2) is 12.2. The number of nitrogens with zero attached hydrogens (tertiary/aromatic N) is 1. The summed E-state index contributed by atoms with van der Waals surface area (Å²) in [7, 11) is -3.83. The highest BCUT2D eigenvalue weighted by Gasteiger charge is 2.25. The maximum Gasteiger partial charge on any atom is 0.241 e. The number of amides is 1. The Morgan fingerprint density at radius 1 is 1.11 bits per heavy atom. The number of rotatable bonds is 12. The summed E-state index contributed by atoms with van der Waals surface area (Å²) in [5.74, 6) is 0.540. The number of nitrogens with one attached hydrogen (secondary N) is 3. The van der Waals surface area contributed by atoms with Crippen LogP contribution in [0.5, 0.6) is 5.75 Å². The van der Waals surface area contributed by atoms with E-state index in [2.05, 4.69) is 10.0 Å². The molecule has 9 nitrogen and oxygen atoms in total. The minimum Gasteiger partial charge on any atom is -0.493 e. The third-order valence-electron chi connectivity index (χ3n) is 5.67. The molecule has 5 N–H and O–H groups in total. The molecule has 1 heterocycles. The van der Waals surface area contributed by atoms with Crippen molar-refractivity contribution in [2.24, 2.45) is 5.73 Å². The van der Waals surface area contributed by atoms with Crippen LogP contribution < -0.4 is 20.5 Å². The zero-order chi connectivity index (χ0) is 27.1. The molecular weight excluding hydrogens is 522 g/mol. The second-order valence-corrected chi connectivity index (χ2v) is 11.4. The molecule has 0 saturated carbocycles. The Labute approximate surface area is 225 Å². The molecular formula is C27H29N5O4S2. The molecule has 38 heavy (non-hydrogen) atoms. The molecule has 0 radical (unpaired) electrons. The molecule has 0 aliphatic heterocycles. The van der Waals surface area contributed by atoms with Gasteiger partial charge < -0.3 is 15.8 Å². The summed E-state index contributed by atoms with van der Waals surface area (Å²) in [5.41, 5.74) is 7.78. The van der Waals surface area contributed by atoms with Crippen molar-refractivity contribution < 1.29 is 17.9 Å². The molecule has 0 aliphatic carbocycles. The van der Waals surface area contributed by atoms with Crippen LogP contribution in [-0.2, 0) is 21.2 Å². The van der Waals surface area contributed by atoms with Gasteiger partial charge in [0.1, 0.15) is 16.6 Å². The van der Waals surface area contributed by atoms with E-state index >= 15 is 0 Å². The molecule has 4 aromatic rings. The van der Waals surface area contributed by atoms with E-state index in [4.69, 9.17) is 20.9 Å². The Morgan fingerprint density at radius 3 is 2.63 bits per heavy atom. The quantitative estimate of drug-likeness (QED) is 0.120. The van der Waals surface area contributed by atoms with Crippen LogP contribution in [0.2, 0.25) is 0 Å². The van der Waals surface area contributed by atoms with Crippen molar-refractivity contribution in [2.75, 3.05) is 13.2 Å². The van der Waals surface area contributed by atoms with Gasteiger partial charge in [-0.1, -0.05) is 36.4 Å². The van der Waals surface area contributed by atoms with Gasteiger partial charge in [-0.3, -0.25) is 10.2 Å². The molecule has 198 valence electrons. The molecule has 0 spiro atoms. The average molecular weight is 552 g/mol. The number of aromatic nitrogens is 1. The molecule has 0 fully saturated rings. The first-order valence-corrected chi connectivity index (χ1v) is 14.3. The van der Waals surface area contributed by atoms with Crippen molar-refractivity contribution in [2.45, 2.75) is 30.7 Å². The van der Waals surface area contributed by atoms with Crippen LogP contribution in [0, 0.1) is 5.41 Å². The predicted octanol–water partition coefficient (Wildman–Crippen LogP) is 3.75. The van der Waals surface area contributed by atoms with Crippen LogP contribution in [0.4, 0.5) is 0 Å². The largest absolute Gasteiger partial charge is 0.493 e. The molecule has 3 aromatic carbocycles. The van der Waals surface area contributed by atoms with Crippen LogP contribution >= 0.6 is 11.3 Å².